The van der Waals surface area contributed by atoms with Gasteiger partial charge >= 0.3 is 5.97 Å². The van der Waals surface area contributed by atoms with Crippen molar-refractivity contribution in [1.82, 2.24) is 10.2 Å². The van der Waals surface area contributed by atoms with Gasteiger partial charge in [-0.05, 0) is 39.8 Å². The minimum absolute atomic E-state index is 0.0674. The molecule has 1 aliphatic rings. The second-order valence-electron chi connectivity index (χ2n) is 4.77. The number of hydrogen-bond acceptors (Lipinski definition) is 4. The fourth-order valence-corrected chi connectivity index (χ4v) is 3.05. The minimum atomic E-state index is -0.955. The number of rotatable bonds is 6. The van der Waals surface area contributed by atoms with E-state index in [4.69, 9.17) is 5.11 Å². The summed E-state index contributed by atoms with van der Waals surface area (Å²) in [5.74, 6) is -0.643. The molecule has 0 aromatic carbocycles. The number of nitrogens with one attached hydrogen (secondary N) is 1. The maximum absolute atomic E-state index is 12.0. The first-order valence-electron chi connectivity index (χ1n) is 6.34. The molecule has 1 fully saturated rings. The molecule has 0 atom stereocenters. The van der Waals surface area contributed by atoms with Crippen LogP contribution in [0.15, 0.2) is 0 Å². The minimum Gasteiger partial charge on any atom is -0.480 e. The normalized spacial score (nSPS) is 16.8. The zero-order valence-corrected chi connectivity index (χ0v) is 11.8. The molecule has 18 heavy (non-hydrogen) atoms. The Morgan fingerprint density at radius 1 is 1.39 bits per heavy atom. The third-order valence-corrected chi connectivity index (χ3v) is 4.33. The van der Waals surface area contributed by atoms with E-state index < -0.39 is 5.97 Å². The largest absolute Gasteiger partial charge is 0.480 e. The van der Waals surface area contributed by atoms with Crippen LogP contribution in [0.2, 0.25) is 0 Å². The van der Waals surface area contributed by atoms with Crippen molar-refractivity contribution in [2.75, 3.05) is 25.4 Å². The summed E-state index contributed by atoms with van der Waals surface area (Å²) < 4.78 is 0. The van der Waals surface area contributed by atoms with E-state index in [0.717, 1.165) is 25.9 Å². The Morgan fingerprint density at radius 3 is 2.50 bits per heavy atom. The first-order valence-corrected chi connectivity index (χ1v) is 7.39. The van der Waals surface area contributed by atoms with Crippen LogP contribution in [0, 0.1) is 0 Å². The Hall–Kier alpha value is -0.750. The van der Waals surface area contributed by atoms with Crippen LogP contribution >= 0.6 is 11.8 Å². The average Bonchev–Trinajstić information content (AvgIpc) is 2.34. The lowest BCUT2D eigenvalue weighted by Crippen LogP contribution is -2.42. The maximum atomic E-state index is 12.0. The fraction of sp³-hybridized carbons (Fsp3) is 0.833. The number of carbonyl (C=O) groups excluding carboxylic acids is 1. The predicted octanol–water partition coefficient (Wildman–Crippen LogP) is 0.793. The molecule has 0 bridgehead atoms. The second-order valence-corrected chi connectivity index (χ2v) is 6.06. The zero-order valence-electron chi connectivity index (χ0n) is 11.0. The van der Waals surface area contributed by atoms with Crippen LogP contribution in [0.5, 0.6) is 0 Å². The quantitative estimate of drug-likeness (QED) is 0.749. The van der Waals surface area contributed by atoms with Gasteiger partial charge in [-0.25, -0.2) is 0 Å². The summed E-state index contributed by atoms with van der Waals surface area (Å²) >= 11 is 1.65. The Balaban J connectivity index is 2.38. The Labute approximate surface area is 112 Å². The summed E-state index contributed by atoms with van der Waals surface area (Å²) in [7, 11) is 0. The van der Waals surface area contributed by atoms with Gasteiger partial charge in [0.05, 0.1) is 5.75 Å². The topological polar surface area (TPSA) is 69.6 Å². The first kappa shape index (κ1) is 15.3. The zero-order chi connectivity index (χ0) is 13.5. The third-order valence-electron chi connectivity index (χ3n) is 2.98. The molecule has 1 saturated heterocycles. The number of thioether (sulfide) groups is 1. The number of hydrogen-bond donors (Lipinski definition) is 2. The lowest BCUT2D eigenvalue weighted by molar-refractivity contribution is -0.144. The van der Waals surface area contributed by atoms with E-state index >= 15 is 0 Å². The highest BCUT2D eigenvalue weighted by atomic mass is 32.2. The van der Waals surface area contributed by atoms with Crippen molar-refractivity contribution in [3.63, 3.8) is 0 Å². The highest BCUT2D eigenvalue weighted by Gasteiger charge is 2.21. The predicted molar refractivity (Wildman–Crippen MR) is 72.8 cm³/mol. The van der Waals surface area contributed by atoms with Crippen molar-refractivity contribution in [2.24, 2.45) is 0 Å². The molecule has 0 saturated carbocycles. The van der Waals surface area contributed by atoms with Crippen molar-refractivity contribution in [2.45, 2.75) is 38.0 Å². The highest BCUT2D eigenvalue weighted by molar-refractivity contribution is 8.00. The molecule has 0 spiro atoms. The van der Waals surface area contributed by atoms with Gasteiger partial charge in [-0.3, -0.25) is 9.59 Å². The second kappa shape index (κ2) is 7.63. The molecule has 0 aliphatic carbocycles. The summed E-state index contributed by atoms with van der Waals surface area (Å²) in [4.78, 5) is 24.1. The van der Waals surface area contributed by atoms with Crippen molar-refractivity contribution in [3.8, 4) is 0 Å². The van der Waals surface area contributed by atoms with E-state index in [1.165, 1.54) is 4.90 Å². The Morgan fingerprint density at radius 2 is 2.00 bits per heavy atom. The molecule has 2 N–H and O–H groups in total. The van der Waals surface area contributed by atoms with E-state index in [-0.39, 0.29) is 18.5 Å². The lowest BCUT2D eigenvalue weighted by Gasteiger charge is -2.27. The van der Waals surface area contributed by atoms with Gasteiger partial charge in [0.2, 0.25) is 5.91 Å². The molecular formula is C12H22N2O3S. The molecule has 6 heteroatoms. The number of carboxylic acids is 1. The Bertz CT molecular complexity index is 291. The van der Waals surface area contributed by atoms with Gasteiger partial charge in [0, 0.05) is 11.3 Å². The van der Waals surface area contributed by atoms with Crippen molar-refractivity contribution >= 4 is 23.6 Å². The van der Waals surface area contributed by atoms with Gasteiger partial charge in [0.25, 0.3) is 0 Å². The van der Waals surface area contributed by atoms with Gasteiger partial charge < -0.3 is 15.3 Å². The van der Waals surface area contributed by atoms with Crippen LogP contribution in [0.25, 0.3) is 0 Å². The summed E-state index contributed by atoms with van der Waals surface area (Å²) in [6.45, 7) is 5.50. The highest BCUT2D eigenvalue weighted by Crippen LogP contribution is 2.20. The van der Waals surface area contributed by atoms with Gasteiger partial charge in [0.1, 0.15) is 6.54 Å². The molecule has 0 aromatic rings. The van der Waals surface area contributed by atoms with Crippen LogP contribution in [-0.4, -0.2) is 58.6 Å². The van der Waals surface area contributed by atoms with Gasteiger partial charge in [-0.1, -0.05) is 0 Å². The fourth-order valence-electron chi connectivity index (χ4n) is 1.94. The summed E-state index contributed by atoms with van der Waals surface area (Å²) in [5, 5.41) is 12.6. The van der Waals surface area contributed by atoms with Crippen molar-refractivity contribution in [1.29, 1.82) is 0 Å². The third kappa shape index (κ3) is 5.27. The van der Waals surface area contributed by atoms with Crippen LogP contribution < -0.4 is 5.32 Å². The molecular weight excluding hydrogens is 252 g/mol. The number of nitrogens with zero attached hydrogens (tertiary/aromatic N) is 1. The van der Waals surface area contributed by atoms with E-state index in [2.05, 4.69) is 5.32 Å². The molecule has 104 valence electrons. The van der Waals surface area contributed by atoms with Crippen LogP contribution in [0.3, 0.4) is 0 Å². The van der Waals surface area contributed by atoms with E-state index in [9.17, 15) is 9.59 Å². The molecule has 1 amide bonds. The SMILES string of the molecule is CC(C)N(CC(=O)O)C(=O)CSC1CCNCC1. The lowest BCUT2D eigenvalue weighted by atomic mass is 10.2. The first-order chi connectivity index (χ1) is 8.50. The average molecular weight is 274 g/mol. The molecule has 0 aromatic heterocycles. The van der Waals surface area contributed by atoms with Crippen molar-refractivity contribution in [3.05, 3.63) is 0 Å². The standard InChI is InChI=1S/C12H22N2O3S/c1-9(2)14(7-12(16)17)11(15)8-18-10-3-5-13-6-4-10/h9-10,13H,3-8H2,1-2H3,(H,16,17). The number of carbonyl (C=O) groups is 2. The summed E-state index contributed by atoms with van der Waals surface area (Å²) in [6, 6.07) is -0.0674. The maximum Gasteiger partial charge on any atom is 0.323 e. The number of carboxylic acid groups (broad SMARTS) is 1. The number of aliphatic carboxylic acids is 1. The summed E-state index contributed by atoms with van der Waals surface area (Å²) in [5.41, 5.74) is 0. The smallest absolute Gasteiger partial charge is 0.323 e. The Kier molecular flexibility index (Phi) is 6.49. The molecule has 1 heterocycles. The monoisotopic (exact) mass is 274 g/mol. The van der Waals surface area contributed by atoms with Gasteiger partial charge in [-0.15, -0.1) is 11.8 Å². The molecule has 0 unspecified atom stereocenters. The molecule has 1 aliphatic heterocycles. The van der Waals surface area contributed by atoms with E-state index in [1.807, 2.05) is 13.8 Å². The van der Waals surface area contributed by atoms with Gasteiger partial charge in [-0.2, -0.15) is 0 Å². The molecule has 0 radical (unpaired) electrons. The van der Waals surface area contributed by atoms with Crippen LogP contribution in [0.4, 0.5) is 0 Å². The van der Waals surface area contributed by atoms with Crippen molar-refractivity contribution < 1.29 is 14.7 Å². The molecule has 1 rings (SSSR count). The van der Waals surface area contributed by atoms with Gasteiger partial charge in [0.15, 0.2) is 0 Å². The molecule has 5 nitrogen and oxygen atoms in total. The van der Waals surface area contributed by atoms with E-state index in [1.54, 1.807) is 11.8 Å². The van der Waals surface area contributed by atoms with Crippen LogP contribution in [-0.2, 0) is 9.59 Å². The number of piperidine rings is 1. The summed E-state index contributed by atoms with van der Waals surface area (Å²) in [6.07, 6.45) is 2.16. The number of amides is 1. The van der Waals surface area contributed by atoms with Crippen LogP contribution in [0.1, 0.15) is 26.7 Å². The van der Waals surface area contributed by atoms with E-state index in [0.29, 0.717) is 11.0 Å².